The van der Waals surface area contributed by atoms with E-state index in [0.29, 0.717) is 5.75 Å². The van der Waals surface area contributed by atoms with Crippen molar-refractivity contribution in [3.05, 3.63) is 29.8 Å². The first kappa shape index (κ1) is 15.0. The maximum Gasteiger partial charge on any atom is 0.419 e. The number of benzene rings is 1. The van der Waals surface area contributed by atoms with Gasteiger partial charge in [-0.2, -0.15) is 13.2 Å². The summed E-state index contributed by atoms with van der Waals surface area (Å²) in [6.07, 6.45) is -5.26. The largest absolute Gasteiger partial charge is 0.491 e. The number of ether oxygens (including phenoxy) is 1. The zero-order chi connectivity index (χ0) is 16.0. The summed E-state index contributed by atoms with van der Waals surface area (Å²) in [7, 11) is 0. The Balaban J connectivity index is 1.65. The monoisotopic (exact) mass is 316 g/mol. The number of carbonyl (C=O) groups excluding carboxylic acids is 1. The zero-order valence-corrected chi connectivity index (χ0v) is 11.6. The van der Waals surface area contributed by atoms with Crippen molar-refractivity contribution in [1.29, 1.82) is 0 Å². The van der Waals surface area contributed by atoms with Crippen LogP contribution in [0.2, 0.25) is 0 Å². The Morgan fingerprint density at radius 2 is 2.14 bits per heavy atom. The number of fused-ring (bicyclic) bond motifs is 1. The molecule has 3 rings (SSSR count). The third-order valence-electron chi connectivity index (χ3n) is 4.06. The molecule has 120 valence electrons. The van der Waals surface area contributed by atoms with Crippen molar-refractivity contribution in [3.8, 4) is 5.75 Å². The van der Waals surface area contributed by atoms with E-state index < -0.39 is 36.8 Å². The maximum absolute atomic E-state index is 12.8. The molecule has 0 aliphatic carbocycles. The van der Waals surface area contributed by atoms with E-state index in [4.69, 9.17) is 4.74 Å². The molecule has 5 nitrogen and oxygen atoms in total. The average molecular weight is 316 g/mol. The molecule has 2 unspecified atom stereocenters. The lowest BCUT2D eigenvalue weighted by Crippen LogP contribution is -2.49. The number of amides is 2. The summed E-state index contributed by atoms with van der Waals surface area (Å²) < 4.78 is 43.7. The van der Waals surface area contributed by atoms with Gasteiger partial charge < -0.3 is 20.1 Å². The van der Waals surface area contributed by atoms with Crippen LogP contribution in [0, 0.1) is 0 Å². The number of nitrogens with one attached hydrogen (secondary N) is 1. The van der Waals surface area contributed by atoms with Crippen molar-refractivity contribution >= 4 is 6.03 Å². The van der Waals surface area contributed by atoms with Gasteiger partial charge in [0, 0.05) is 18.5 Å². The van der Waals surface area contributed by atoms with E-state index in [2.05, 4.69) is 5.32 Å². The minimum Gasteiger partial charge on any atom is -0.491 e. The van der Waals surface area contributed by atoms with Gasteiger partial charge in [0.15, 0.2) is 5.60 Å². The van der Waals surface area contributed by atoms with Crippen molar-refractivity contribution in [2.45, 2.75) is 24.2 Å². The molecule has 0 saturated carbocycles. The molecular weight excluding hydrogens is 301 g/mol. The van der Waals surface area contributed by atoms with E-state index in [9.17, 15) is 23.1 Å². The van der Waals surface area contributed by atoms with E-state index >= 15 is 0 Å². The number of hydrogen-bond acceptors (Lipinski definition) is 3. The van der Waals surface area contributed by atoms with Gasteiger partial charge in [-0.1, -0.05) is 18.2 Å². The van der Waals surface area contributed by atoms with Gasteiger partial charge in [0.2, 0.25) is 0 Å². The highest BCUT2D eigenvalue weighted by Crippen LogP contribution is 2.38. The summed E-state index contributed by atoms with van der Waals surface area (Å²) >= 11 is 0. The number of carbonyl (C=O) groups is 1. The topological polar surface area (TPSA) is 61.8 Å². The number of nitrogens with zero attached hydrogens (tertiary/aromatic N) is 1. The Kier molecular flexibility index (Phi) is 3.43. The van der Waals surface area contributed by atoms with E-state index in [0.717, 1.165) is 10.5 Å². The van der Waals surface area contributed by atoms with E-state index in [1.165, 1.54) is 0 Å². The van der Waals surface area contributed by atoms with Gasteiger partial charge in [-0.15, -0.1) is 0 Å². The molecule has 0 bridgehead atoms. The van der Waals surface area contributed by atoms with Gasteiger partial charge in [0.05, 0.1) is 12.6 Å². The van der Waals surface area contributed by atoms with Crippen molar-refractivity contribution in [3.63, 3.8) is 0 Å². The first-order valence-electron chi connectivity index (χ1n) is 6.86. The molecule has 1 aromatic rings. The van der Waals surface area contributed by atoms with Crippen LogP contribution in [0.25, 0.3) is 0 Å². The quantitative estimate of drug-likeness (QED) is 0.831. The Bertz CT molecular complexity index is 593. The molecule has 2 aliphatic heterocycles. The van der Waals surface area contributed by atoms with Gasteiger partial charge in [-0.25, -0.2) is 4.79 Å². The van der Waals surface area contributed by atoms with Crippen LogP contribution < -0.4 is 10.1 Å². The van der Waals surface area contributed by atoms with Crippen LogP contribution in [0.1, 0.15) is 18.0 Å². The molecule has 2 atom stereocenters. The number of urea groups is 1. The third kappa shape index (κ3) is 2.47. The minimum absolute atomic E-state index is 0.142. The highest BCUT2D eigenvalue weighted by Gasteiger charge is 2.57. The molecule has 1 saturated heterocycles. The second kappa shape index (κ2) is 5.05. The smallest absolute Gasteiger partial charge is 0.419 e. The first-order valence-corrected chi connectivity index (χ1v) is 6.86. The summed E-state index contributed by atoms with van der Waals surface area (Å²) in [4.78, 5) is 13.1. The maximum atomic E-state index is 12.8. The Morgan fingerprint density at radius 3 is 2.82 bits per heavy atom. The number of β-amino-alcohol motifs (C(OH)–C–C–N with tert-alkyl or cyclic N) is 1. The molecule has 2 amide bonds. The molecule has 2 N–H and O–H groups in total. The Labute approximate surface area is 124 Å². The standard InChI is InChI=1S/C14H15F3N2O3/c15-14(16,17)13(21)5-6-19(8-13)12(20)18-10-7-22-11-4-2-1-3-9(10)11/h1-4,10,21H,5-8H2,(H,18,20). The van der Waals surface area contributed by atoms with Gasteiger partial charge in [-0.3, -0.25) is 0 Å². The highest BCUT2D eigenvalue weighted by atomic mass is 19.4. The van der Waals surface area contributed by atoms with Crippen LogP contribution in [-0.2, 0) is 0 Å². The van der Waals surface area contributed by atoms with Gasteiger partial charge >= 0.3 is 12.2 Å². The number of halogens is 3. The number of para-hydroxylation sites is 1. The Morgan fingerprint density at radius 1 is 1.41 bits per heavy atom. The summed E-state index contributed by atoms with van der Waals surface area (Å²) in [5.74, 6) is 0.654. The average Bonchev–Trinajstić information content (AvgIpc) is 3.04. The fourth-order valence-corrected chi connectivity index (χ4v) is 2.72. The van der Waals surface area contributed by atoms with Crippen molar-refractivity contribution < 1.29 is 27.8 Å². The summed E-state index contributed by atoms with van der Waals surface area (Å²) in [6, 6.07) is 6.12. The number of aliphatic hydroxyl groups is 1. The lowest BCUT2D eigenvalue weighted by atomic mass is 10.0. The molecule has 1 aromatic carbocycles. The van der Waals surface area contributed by atoms with Gasteiger partial charge in [0.1, 0.15) is 12.4 Å². The number of rotatable bonds is 1. The molecule has 2 heterocycles. The molecule has 2 aliphatic rings. The summed E-state index contributed by atoms with van der Waals surface area (Å²) in [5.41, 5.74) is -2.03. The molecule has 0 radical (unpaired) electrons. The number of alkyl halides is 3. The summed E-state index contributed by atoms with van der Waals surface area (Å²) in [6.45, 7) is -0.656. The van der Waals surface area contributed by atoms with Crippen molar-refractivity contribution in [1.82, 2.24) is 10.2 Å². The normalized spacial score (nSPS) is 27.5. The van der Waals surface area contributed by atoms with Crippen LogP contribution >= 0.6 is 0 Å². The highest BCUT2D eigenvalue weighted by molar-refractivity contribution is 5.75. The second-order valence-electron chi connectivity index (χ2n) is 5.55. The van der Waals surface area contributed by atoms with Gasteiger partial charge in [-0.05, 0) is 6.07 Å². The van der Waals surface area contributed by atoms with Gasteiger partial charge in [0.25, 0.3) is 0 Å². The lowest BCUT2D eigenvalue weighted by molar-refractivity contribution is -0.253. The molecule has 0 aromatic heterocycles. The van der Waals surface area contributed by atoms with Crippen LogP contribution in [0.4, 0.5) is 18.0 Å². The SMILES string of the molecule is O=C(NC1COc2ccccc21)N1CCC(O)(C(F)(F)F)C1. The predicted octanol–water partition coefficient (Wildman–Crippen LogP) is 1.83. The second-order valence-corrected chi connectivity index (χ2v) is 5.55. The van der Waals surface area contributed by atoms with Crippen molar-refractivity contribution in [2.24, 2.45) is 0 Å². The van der Waals surface area contributed by atoms with Crippen LogP contribution in [0.5, 0.6) is 5.75 Å². The number of hydrogen-bond donors (Lipinski definition) is 2. The molecule has 0 spiro atoms. The summed E-state index contributed by atoms with van der Waals surface area (Å²) in [5, 5.41) is 12.2. The van der Waals surface area contributed by atoms with Crippen molar-refractivity contribution in [2.75, 3.05) is 19.7 Å². The zero-order valence-electron chi connectivity index (χ0n) is 11.6. The lowest BCUT2D eigenvalue weighted by Gasteiger charge is -2.26. The minimum atomic E-state index is -4.74. The fraction of sp³-hybridized carbons (Fsp3) is 0.500. The van der Waals surface area contributed by atoms with Crippen LogP contribution in [-0.4, -0.2) is 47.5 Å². The molecule has 22 heavy (non-hydrogen) atoms. The number of likely N-dealkylation sites (tertiary alicyclic amines) is 1. The predicted molar refractivity (Wildman–Crippen MR) is 70.4 cm³/mol. The fourth-order valence-electron chi connectivity index (χ4n) is 2.72. The Hall–Kier alpha value is -1.96. The van der Waals surface area contributed by atoms with E-state index in [1.807, 2.05) is 0 Å². The molecule has 1 fully saturated rings. The first-order chi connectivity index (χ1) is 10.3. The molecular formula is C14H15F3N2O3. The van der Waals surface area contributed by atoms with E-state index in [1.54, 1.807) is 24.3 Å². The van der Waals surface area contributed by atoms with Crippen LogP contribution in [0.3, 0.4) is 0 Å². The third-order valence-corrected chi connectivity index (χ3v) is 4.06. The van der Waals surface area contributed by atoms with E-state index in [-0.39, 0.29) is 13.2 Å². The van der Waals surface area contributed by atoms with Crippen LogP contribution in [0.15, 0.2) is 24.3 Å². The molecule has 8 heteroatoms.